The van der Waals surface area contributed by atoms with Gasteiger partial charge in [0.15, 0.2) is 5.65 Å². The molecule has 1 aromatic carbocycles. The van der Waals surface area contributed by atoms with Gasteiger partial charge in [-0.25, -0.2) is 9.50 Å². The zero-order valence-corrected chi connectivity index (χ0v) is 14.3. The van der Waals surface area contributed by atoms with E-state index in [4.69, 9.17) is 14.8 Å². The summed E-state index contributed by atoms with van der Waals surface area (Å²) < 4.78 is 7.58. The minimum atomic E-state index is 0.0634. The molecule has 6 nitrogen and oxygen atoms in total. The first-order chi connectivity index (χ1) is 12.3. The molecule has 1 aliphatic rings. The van der Waals surface area contributed by atoms with Crippen molar-refractivity contribution in [2.24, 2.45) is 0 Å². The monoisotopic (exact) mass is 338 g/mol. The highest BCUT2D eigenvalue weighted by Crippen LogP contribution is 2.28. The van der Waals surface area contributed by atoms with E-state index in [1.165, 1.54) is 0 Å². The first kappa shape index (κ1) is 16.1. The summed E-state index contributed by atoms with van der Waals surface area (Å²) in [7, 11) is 0. The molecule has 0 spiro atoms. The van der Waals surface area contributed by atoms with Gasteiger partial charge >= 0.3 is 0 Å². The molecule has 1 aliphatic heterocycles. The largest absolute Gasteiger partial charge is 0.394 e. The molecule has 1 fully saturated rings. The molecule has 1 unspecified atom stereocenters. The van der Waals surface area contributed by atoms with E-state index < -0.39 is 0 Å². The lowest BCUT2D eigenvalue weighted by Gasteiger charge is -2.19. The summed E-state index contributed by atoms with van der Waals surface area (Å²) in [4.78, 5) is 7.09. The molecule has 0 aliphatic carbocycles. The Morgan fingerprint density at radius 1 is 1.28 bits per heavy atom. The van der Waals surface area contributed by atoms with Gasteiger partial charge in [-0.1, -0.05) is 30.3 Å². The van der Waals surface area contributed by atoms with Crippen LogP contribution >= 0.6 is 0 Å². The Hall–Kier alpha value is -2.44. The molecule has 1 N–H and O–H groups in total. The van der Waals surface area contributed by atoms with Crippen molar-refractivity contribution in [2.75, 3.05) is 31.2 Å². The van der Waals surface area contributed by atoms with Crippen molar-refractivity contribution in [2.45, 2.75) is 19.4 Å². The van der Waals surface area contributed by atoms with E-state index in [1.807, 2.05) is 35.8 Å². The number of anilines is 1. The third-order valence-corrected chi connectivity index (χ3v) is 4.62. The predicted octanol–water partition coefficient (Wildman–Crippen LogP) is 2.29. The molecule has 130 valence electrons. The molecule has 0 bridgehead atoms. The molecule has 6 heteroatoms. The maximum atomic E-state index is 8.94. The van der Waals surface area contributed by atoms with E-state index in [1.54, 1.807) is 0 Å². The number of ether oxygens (including phenoxy) is 1. The Bertz CT molecular complexity index is 862. The van der Waals surface area contributed by atoms with Crippen LogP contribution in [0.5, 0.6) is 0 Å². The van der Waals surface area contributed by atoms with Crippen molar-refractivity contribution in [3.63, 3.8) is 0 Å². The fourth-order valence-corrected chi connectivity index (χ4v) is 3.33. The van der Waals surface area contributed by atoms with Gasteiger partial charge in [0.25, 0.3) is 0 Å². The summed E-state index contributed by atoms with van der Waals surface area (Å²) in [6, 6.07) is 12.4. The van der Waals surface area contributed by atoms with Crippen LogP contribution in [-0.4, -0.2) is 52.1 Å². The van der Waals surface area contributed by atoms with E-state index in [9.17, 15) is 0 Å². The second-order valence-electron chi connectivity index (χ2n) is 6.38. The lowest BCUT2D eigenvalue weighted by atomic mass is 10.1. The molecule has 4 rings (SSSR count). The number of aryl methyl sites for hydroxylation is 1. The minimum absolute atomic E-state index is 0.0634. The number of fused-ring (bicyclic) bond motifs is 1. The van der Waals surface area contributed by atoms with Gasteiger partial charge in [-0.15, -0.1) is 0 Å². The first-order valence-electron chi connectivity index (χ1n) is 8.64. The molecule has 0 radical (unpaired) electrons. The highest BCUT2D eigenvalue weighted by Gasteiger charge is 2.25. The Balaban J connectivity index is 1.72. The highest BCUT2D eigenvalue weighted by molar-refractivity contribution is 5.68. The number of aromatic nitrogens is 3. The van der Waals surface area contributed by atoms with Crippen molar-refractivity contribution in [3.8, 4) is 11.3 Å². The van der Waals surface area contributed by atoms with E-state index in [-0.39, 0.29) is 12.7 Å². The van der Waals surface area contributed by atoms with E-state index >= 15 is 0 Å². The number of nitrogens with zero attached hydrogens (tertiary/aromatic N) is 4. The van der Waals surface area contributed by atoms with Gasteiger partial charge in [0.2, 0.25) is 0 Å². The fourth-order valence-electron chi connectivity index (χ4n) is 3.33. The van der Waals surface area contributed by atoms with E-state index in [0.717, 1.165) is 47.8 Å². The zero-order valence-electron chi connectivity index (χ0n) is 14.3. The van der Waals surface area contributed by atoms with Crippen LogP contribution < -0.4 is 4.90 Å². The maximum Gasteiger partial charge on any atom is 0.160 e. The van der Waals surface area contributed by atoms with Gasteiger partial charge in [-0.3, -0.25) is 0 Å². The summed E-state index contributed by atoms with van der Waals surface area (Å²) in [5.74, 6) is 0.949. The highest BCUT2D eigenvalue weighted by atomic mass is 16.5. The standard InChI is InChI=1S/C19H22N4O2/c1-14-12-20-23-17(15-5-3-2-4-6-15)11-18(21-19(14)23)22-8-7-16(13-22)25-10-9-24/h2-6,11-12,16,24H,7-10,13H2,1H3. The number of hydrogen-bond donors (Lipinski definition) is 1. The maximum absolute atomic E-state index is 8.94. The van der Waals surface area contributed by atoms with Gasteiger partial charge < -0.3 is 14.7 Å². The molecule has 3 heterocycles. The topological polar surface area (TPSA) is 62.9 Å². The average Bonchev–Trinajstić information content (AvgIpc) is 3.27. The summed E-state index contributed by atoms with van der Waals surface area (Å²) in [6.45, 7) is 4.19. The second-order valence-corrected chi connectivity index (χ2v) is 6.38. The van der Waals surface area contributed by atoms with Gasteiger partial charge in [-0.2, -0.15) is 5.10 Å². The lowest BCUT2D eigenvalue weighted by molar-refractivity contribution is 0.0411. The normalized spacial score (nSPS) is 17.5. The molecule has 0 amide bonds. The zero-order chi connectivity index (χ0) is 17.2. The molecule has 1 atom stereocenters. The van der Waals surface area contributed by atoms with Crippen LogP contribution in [0.3, 0.4) is 0 Å². The molecule has 2 aromatic heterocycles. The van der Waals surface area contributed by atoms with Crippen molar-refractivity contribution in [1.82, 2.24) is 14.6 Å². The SMILES string of the molecule is Cc1cnn2c(-c3ccccc3)cc(N3CCC(OCCO)C3)nc12. The van der Waals surface area contributed by atoms with Crippen LogP contribution in [0, 0.1) is 6.92 Å². The number of rotatable bonds is 5. The molecule has 0 saturated carbocycles. The van der Waals surface area contributed by atoms with Crippen molar-refractivity contribution in [1.29, 1.82) is 0 Å². The lowest BCUT2D eigenvalue weighted by Crippen LogP contribution is -2.24. The van der Waals surface area contributed by atoms with Crippen molar-refractivity contribution < 1.29 is 9.84 Å². The summed E-state index contributed by atoms with van der Waals surface area (Å²) >= 11 is 0. The summed E-state index contributed by atoms with van der Waals surface area (Å²) in [5, 5.41) is 13.4. The van der Waals surface area contributed by atoms with Crippen molar-refractivity contribution in [3.05, 3.63) is 48.2 Å². The van der Waals surface area contributed by atoms with E-state index in [2.05, 4.69) is 28.2 Å². The number of hydrogen-bond acceptors (Lipinski definition) is 5. The number of benzene rings is 1. The van der Waals surface area contributed by atoms with Crippen LogP contribution in [0.2, 0.25) is 0 Å². The van der Waals surface area contributed by atoms with Crippen LogP contribution in [0.1, 0.15) is 12.0 Å². The number of aliphatic hydroxyl groups is 1. The fraction of sp³-hybridized carbons (Fsp3) is 0.368. The molecule has 25 heavy (non-hydrogen) atoms. The van der Waals surface area contributed by atoms with Gasteiger partial charge in [0.1, 0.15) is 5.82 Å². The van der Waals surface area contributed by atoms with Crippen LogP contribution in [0.4, 0.5) is 5.82 Å². The predicted molar refractivity (Wildman–Crippen MR) is 96.8 cm³/mol. The Kier molecular flexibility index (Phi) is 4.38. The summed E-state index contributed by atoms with van der Waals surface area (Å²) in [6.07, 6.45) is 2.96. The second kappa shape index (κ2) is 6.82. The number of aliphatic hydroxyl groups excluding tert-OH is 1. The third kappa shape index (κ3) is 3.10. The third-order valence-electron chi connectivity index (χ3n) is 4.62. The summed E-state index contributed by atoms with van der Waals surface area (Å²) in [5.41, 5.74) is 4.10. The van der Waals surface area contributed by atoms with E-state index in [0.29, 0.717) is 6.61 Å². The minimum Gasteiger partial charge on any atom is -0.394 e. The Morgan fingerprint density at radius 3 is 2.92 bits per heavy atom. The molecular formula is C19H22N4O2. The van der Waals surface area contributed by atoms with Crippen LogP contribution in [-0.2, 0) is 4.74 Å². The van der Waals surface area contributed by atoms with Crippen LogP contribution in [0.25, 0.3) is 16.9 Å². The van der Waals surface area contributed by atoms with Gasteiger partial charge in [0, 0.05) is 30.3 Å². The smallest absolute Gasteiger partial charge is 0.160 e. The van der Waals surface area contributed by atoms with Gasteiger partial charge in [0.05, 0.1) is 31.2 Å². The Labute approximate surface area is 146 Å². The van der Waals surface area contributed by atoms with Gasteiger partial charge in [-0.05, 0) is 13.3 Å². The quantitative estimate of drug-likeness (QED) is 0.773. The molecular weight excluding hydrogens is 316 g/mol. The first-order valence-corrected chi connectivity index (χ1v) is 8.64. The van der Waals surface area contributed by atoms with Crippen molar-refractivity contribution >= 4 is 11.5 Å². The molecule has 1 saturated heterocycles. The average molecular weight is 338 g/mol. The Morgan fingerprint density at radius 2 is 2.12 bits per heavy atom. The molecule has 3 aromatic rings. The van der Waals surface area contributed by atoms with Crippen LogP contribution in [0.15, 0.2) is 42.6 Å².